The zero-order chi connectivity index (χ0) is 22.7. The molecular formula is C24H24N6O2. The number of aryl methyl sites for hydroxylation is 2. The van der Waals surface area contributed by atoms with Gasteiger partial charge in [0.05, 0.1) is 29.5 Å². The fraction of sp³-hybridized carbons (Fsp3) is 0.208. The Bertz CT molecular complexity index is 1350. The van der Waals surface area contributed by atoms with Crippen molar-refractivity contribution in [1.29, 1.82) is 0 Å². The van der Waals surface area contributed by atoms with Crippen molar-refractivity contribution in [2.75, 3.05) is 11.9 Å². The van der Waals surface area contributed by atoms with Crippen molar-refractivity contribution >= 4 is 29.3 Å². The molecular weight excluding hydrogens is 404 g/mol. The molecule has 0 aliphatic carbocycles. The quantitative estimate of drug-likeness (QED) is 0.457. The van der Waals surface area contributed by atoms with Crippen LogP contribution in [0.3, 0.4) is 0 Å². The number of anilines is 1. The van der Waals surface area contributed by atoms with Gasteiger partial charge in [-0.25, -0.2) is 9.98 Å². The lowest BCUT2D eigenvalue weighted by Crippen LogP contribution is -2.32. The summed E-state index contributed by atoms with van der Waals surface area (Å²) in [5, 5.41) is 8.61. The number of nitrogens with zero attached hydrogens (tertiary/aromatic N) is 5. The number of carbonyl (C=O) groups is 1. The molecule has 8 nitrogen and oxygen atoms in total. The molecule has 0 aliphatic rings. The van der Waals surface area contributed by atoms with Crippen molar-refractivity contribution in [1.82, 2.24) is 19.5 Å². The molecule has 4 aromatic rings. The second kappa shape index (κ2) is 8.97. The van der Waals surface area contributed by atoms with Crippen molar-refractivity contribution in [2.24, 2.45) is 4.99 Å². The number of aliphatic imine (C=N–C) groups is 1. The van der Waals surface area contributed by atoms with E-state index in [0.29, 0.717) is 12.2 Å². The molecule has 2 aromatic carbocycles. The fourth-order valence-corrected chi connectivity index (χ4v) is 3.65. The predicted octanol–water partition coefficient (Wildman–Crippen LogP) is 2.95. The summed E-state index contributed by atoms with van der Waals surface area (Å²) >= 11 is 0. The van der Waals surface area contributed by atoms with Crippen LogP contribution in [0.2, 0.25) is 0 Å². The van der Waals surface area contributed by atoms with E-state index in [0.717, 1.165) is 28.6 Å². The van der Waals surface area contributed by atoms with Crippen LogP contribution >= 0.6 is 0 Å². The molecule has 1 amide bonds. The smallest absolute Gasteiger partial charge is 0.313 e. The van der Waals surface area contributed by atoms with Crippen LogP contribution in [0.1, 0.15) is 22.5 Å². The Kier molecular flexibility index (Phi) is 5.93. The van der Waals surface area contributed by atoms with Crippen LogP contribution in [0, 0.1) is 13.8 Å². The van der Waals surface area contributed by atoms with Gasteiger partial charge < -0.3 is 5.32 Å². The van der Waals surface area contributed by atoms with Gasteiger partial charge in [-0.15, -0.1) is 0 Å². The van der Waals surface area contributed by atoms with Crippen molar-refractivity contribution in [3.05, 3.63) is 87.6 Å². The average Bonchev–Trinajstić information content (AvgIpc) is 3.11. The second-order valence-corrected chi connectivity index (χ2v) is 7.58. The number of fused-ring (bicyclic) bond motifs is 1. The third kappa shape index (κ3) is 4.20. The van der Waals surface area contributed by atoms with Crippen LogP contribution in [-0.2, 0) is 17.6 Å². The highest BCUT2D eigenvalue weighted by atomic mass is 16.1. The van der Waals surface area contributed by atoms with Gasteiger partial charge in [-0.05, 0) is 50.2 Å². The number of amides is 1. The first-order valence-corrected chi connectivity index (χ1v) is 10.3. The van der Waals surface area contributed by atoms with E-state index in [1.54, 1.807) is 11.0 Å². The third-order valence-electron chi connectivity index (χ3n) is 5.29. The minimum atomic E-state index is -0.290. The van der Waals surface area contributed by atoms with Crippen molar-refractivity contribution in [2.45, 2.75) is 26.7 Å². The van der Waals surface area contributed by atoms with Crippen LogP contribution in [0.4, 0.5) is 5.82 Å². The van der Waals surface area contributed by atoms with E-state index in [4.69, 9.17) is 0 Å². The Hall–Kier alpha value is -4.07. The molecule has 0 fully saturated rings. The van der Waals surface area contributed by atoms with Gasteiger partial charge >= 0.3 is 5.56 Å². The molecule has 0 unspecified atom stereocenters. The number of rotatable bonds is 7. The molecule has 162 valence electrons. The Balaban J connectivity index is 1.67. The highest BCUT2D eigenvalue weighted by molar-refractivity contribution is 5.86. The van der Waals surface area contributed by atoms with E-state index in [9.17, 15) is 9.59 Å². The largest absolute Gasteiger partial charge is 0.365 e. The summed E-state index contributed by atoms with van der Waals surface area (Å²) in [5.74, 6) is -0.0195. The Labute approximate surface area is 185 Å². The first-order chi connectivity index (χ1) is 15.5. The van der Waals surface area contributed by atoms with Crippen molar-refractivity contribution < 1.29 is 4.79 Å². The van der Waals surface area contributed by atoms with E-state index in [1.807, 2.05) is 62.4 Å². The molecule has 0 saturated heterocycles. The van der Waals surface area contributed by atoms with Crippen LogP contribution in [-0.4, -0.2) is 38.7 Å². The molecule has 0 radical (unpaired) electrons. The van der Waals surface area contributed by atoms with Gasteiger partial charge in [0.15, 0.2) is 5.82 Å². The van der Waals surface area contributed by atoms with Gasteiger partial charge in [0.25, 0.3) is 0 Å². The predicted molar refractivity (Wildman–Crippen MR) is 125 cm³/mol. The molecule has 32 heavy (non-hydrogen) atoms. The number of benzene rings is 2. The first kappa shape index (κ1) is 21.2. The normalized spacial score (nSPS) is 10.9. The summed E-state index contributed by atoms with van der Waals surface area (Å²) < 4.78 is 1.50. The highest BCUT2D eigenvalue weighted by Gasteiger charge is 2.15. The molecule has 0 spiro atoms. The Morgan fingerprint density at radius 2 is 1.91 bits per heavy atom. The summed E-state index contributed by atoms with van der Waals surface area (Å²) in [6.07, 6.45) is 2.60. The molecule has 2 aromatic heterocycles. The van der Waals surface area contributed by atoms with Gasteiger partial charge in [-0.2, -0.15) is 14.6 Å². The highest BCUT2D eigenvalue weighted by Crippen LogP contribution is 2.21. The van der Waals surface area contributed by atoms with Crippen LogP contribution in [0.5, 0.6) is 0 Å². The van der Waals surface area contributed by atoms with Crippen LogP contribution in [0.15, 0.2) is 64.5 Å². The van der Waals surface area contributed by atoms with Gasteiger partial charge in [-0.3, -0.25) is 9.59 Å². The molecule has 1 N–H and O–H groups in total. The number of hydrogen-bond donors (Lipinski definition) is 1. The SMILES string of the molecule is C=NC(=O)Cc1ccc2c(c1)c(C)nn2-n1c(C)cnc(NCCc2ccccc2)c1=O. The van der Waals surface area contributed by atoms with Gasteiger partial charge in [0.1, 0.15) is 0 Å². The monoisotopic (exact) mass is 428 g/mol. The maximum Gasteiger partial charge on any atom is 0.313 e. The minimum absolute atomic E-state index is 0.174. The third-order valence-corrected chi connectivity index (χ3v) is 5.29. The maximum absolute atomic E-state index is 13.2. The maximum atomic E-state index is 13.2. The average molecular weight is 428 g/mol. The summed E-state index contributed by atoms with van der Waals surface area (Å²) in [5.41, 5.74) is 3.89. The molecule has 0 bridgehead atoms. The van der Waals surface area contributed by atoms with E-state index >= 15 is 0 Å². The number of nitrogens with one attached hydrogen (secondary N) is 1. The zero-order valence-corrected chi connectivity index (χ0v) is 18.1. The van der Waals surface area contributed by atoms with E-state index in [-0.39, 0.29) is 23.7 Å². The van der Waals surface area contributed by atoms with E-state index in [1.165, 1.54) is 10.2 Å². The molecule has 0 saturated carbocycles. The summed E-state index contributed by atoms with van der Waals surface area (Å²) in [7, 11) is 0. The van der Waals surface area contributed by atoms with Crippen LogP contribution in [0.25, 0.3) is 10.9 Å². The number of aromatic nitrogens is 4. The van der Waals surface area contributed by atoms with Gasteiger partial charge in [-0.1, -0.05) is 36.4 Å². The lowest BCUT2D eigenvalue weighted by atomic mass is 10.1. The Morgan fingerprint density at radius 3 is 2.66 bits per heavy atom. The van der Waals surface area contributed by atoms with Gasteiger partial charge in [0, 0.05) is 11.9 Å². The summed E-state index contributed by atoms with van der Waals surface area (Å²) in [6.45, 7) is 7.55. The minimum Gasteiger partial charge on any atom is -0.365 e. The van der Waals surface area contributed by atoms with E-state index < -0.39 is 0 Å². The number of hydrogen-bond acceptors (Lipinski definition) is 5. The zero-order valence-electron chi connectivity index (χ0n) is 18.1. The van der Waals surface area contributed by atoms with Crippen LogP contribution < -0.4 is 10.9 Å². The topological polar surface area (TPSA) is 94.2 Å². The summed E-state index contributed by atoms with van der Waals surface area (Å²) in [6, 6.07) is 15.7. The van der Waals surface area contributed by atoms with Gasteiger partial charge in [0.2, 0.25) is 5.91 Å². The standard InChI is InChI=1S/C24H24N6O2/c1-16-15-27-23(26-12-11-18-7-5-4-6-8-18)24(32)29(16)30-21-10-9-19(14-22(31)25-3)13-20(21)17(2)28-30/h4-10,13,15H,3,11-12,14H2,1-2H3,(H,26,27). The second-order valence-electron chi connectivity index (χ2n) is 7.58. The molecule has 8 heteroatoms. The molecule has 4 rings (SSSR count). The number of carbonyl (C=O) groups excluding carboxylic acids is 1. The molecule has 2 heterocycles. The van der Waals surface area contributed by atoms with E-state index in [2.05, 4.69) is 27.1 Å². The molecule has 0 atom stereocenters. The lowest BCUT2D eigenvalue weighted by molar-refractivity contribution is -0.117. The van der Waals surface area contributed by atoms with Crippen molar-refractivity contribution in [3.8, 4) is 0 Å². The fourth-order valence-electron chi connectivity index (χ4n) is 3.65. The summed E-state index contributed by atoms with van der Waals surface area (Å²) in [4.78, 5) is 34.2. The Morgan fingerprint density at radius 1 is 1.12 bits per heavy atom. The first-order valence-electron chi connectivity index (χ1n) is 10.3. The lowest BCUT2D eigenvalue weighted by Gasteiger charge is -2.13. The van der Waals surface area contributed by atoms with Crippen molar-refractivity contribution in [3.63, 3.8) is 0 Å². The molecule has 0 aliphatic heterocycles.